The Hall–Kier alpha value is -2.68. The number of benzene rings is 2. The molecule has 0 saturated carbocycles. The molecule has 104 valence electrons. The highest BCUT2D eigenvalue weighted by molar-refractivity contribution is 5.93. The van der Waals surface area contributed by atoms with E-state index in [1.54, 1.807) is 12.3 Å². The van der Waals surface area contributed by atoms with Crippen LogP contribution in [0.25, 0.3) is 10.8 Å². The van der Waals surface area contributed by atoms with E-state index in [1.807, 2.05) is 61.5 Å². The lowest BCUT2D eigenvalue weighted by atomic mass is 10.1. The van der Waals surface area contributed by atoms with E-state index in [9.17, 15) is 4.79 Å². The van der Waals surface area contributed by atoms with Crippen molar-refractivity contribution < 1.29 is 9.53 Å². The first-order chi connectivity index (χ1) is 10.2. The largest absolute Gasteiger partial charge is 0.453 e. The van der Waals surface area contributed by atoms with Crippen LogP contribution in [0.15, 0.2) is 66.9 Å². The van der Waals surface area contributed by atoms with Crippen LogP contribution in [0.5, 0.6) is 0 Å². The minimum atomic E-state index is -0.405. The van der Waals surface area contributed by atoms with E-state index >= 15 is 0 Å². The Kier molecular flexibility index (Phi) is 3.65. The summed E-state index contributed by atoms with van der Waals surface area (Å²) in [5, 5.41) is 1.98. The van der Waals surface area contributed by atoms with Gasteiger partial charge in [-0.3, -0.25) is 0 Å². The third kappa shape index (κ3) is 2.92. The zero-order valence-electron chi connectivity index (χ0n) is 11.7. The molecule has 0 aliphatic carbocycles. The van der Waals surface area contributed by atoms with E-state index in [0.717, 1.165) is 16.3 Å². The molecule has 0 saturated heterocycles. The molecule has 21 heavy (non-hydrogen) atoms. The van der Waals surface area contributed by atoms with E-state index < -0.39 is 5.97 Å². The Bertz CT molecular complexity index is 768. The van der Waals surface area contributed by atoms with Crippen molar-refractivity contribution in [2.75, 3.05) is 0 Å². The van der Waals surface area contributed by atoms with Gasteiger partial charge in [-0.05, 0) is 23.9 Å². The van der Waals surface area contributed by atoms with Gasteiger partial charge in [-0.25, -0.2) is 9.78 Å². The monoisotopic (exact) mass is 277 g/mol. The second kappa shape index (κ2) is 5.75. The fourth-order valence-corrected chi connectivity index (χ4v) is 2.21. The number of pyridine rings is 1. The van der Waals surface area contributed by atoms with Crippen molar-refractivity contribution in [3.63, 3.8) is 0 Å². The minimum absolute atomic E-state index is 0.299. The number of aromatic nitrogens is 1. The molecule has 3 nitrogen and oxygen atoms in total. The molecule has 3 aromatic rings. The van der Waals surface area contributed by atoms with Gasteiger partial charge < -0.3 is 4.74 Å². The van der Waals surface area contributed by atoms with Crippen LogP contribution in [0.4, 0.5) is 0 Å². The SMILES string of the molecule is CC(OC(=O)c1cc2ccccc2cn1)c1ccccc1. The summed E-state index contributed by atoms with van der Waals surface area (Å²) in [7, 11) is 0. The van der Waals surface area contributed by atoms with Crippen molar-refractivity contribution in [3.05, 3.63) is 78.1 Å². The summed E-state index contributed by atoms with van der Waals surface area (Å²) in [6.45, 7) is 1.86. The lowest BCUT2D eigenvalue weighted by molar-refractivity contribution is 0.0331. The van der Waals surface area contributed by atoms with Gasteiger partial charge in [-0.1, -0.05) is 54.6 Å². The molecule has 0 aliphatic rings. The summed E-state index contributed by atoms with van der Waals surface area (Å²) < 4.78 is 5.47. The van der Waals surface area contributed by atoms with Gasteiger partial charge in [0, 0.05) is 11.6 Å². The first-order valence-electron chi connectivity index (χ1n) is 6.85. The summed E-state index contributed by atoms with van der Waals surface area (Å²) in [5.41, 5.74) is 1.29. The lowest BCUT2D eigenvalue weighted by Gasteiger charge is -2.13. The molecular weight excluding hydrogens is 262 g/mol. The summed E-state index contributed by atoms with van der Waals surface area (Å²) in [6, 6.07) is 19.2. The van der Waals surface area contributed by atoms with Gasteiger partial charge in [0.05, 0.1) is 0 Å². The van der Waals surface area contributed by atoms with Gasteiger partial charge in [0.1, 0.15) is 11.8 Å². The van der Waals surface area contributed by atoms with Crippen molar-refractivity contribution in [3.8, 4) is 0 Å². The van der Waals surface area contributed by atoms with E-state index in [4.69, 9.17) is 4.74 Å². The van der Waals surface area contributed by atoms with Gasteiger partial charge in [-0.2, -0.15) is 0 Å². The van der Waals surface area contributed by atoms with Crippen LogP contribution in [0, 0.1) is 0 Å². The zero-order valence-corrected chi connectivity index (χ0v) is 11.7. The molecular formula is C18H15NO2. The number of rotatable bonds is 3. The maximum Gasteiger partial charge on any atom is 0.357 e. The minimum Gasteiger partial charge on any atom is -0.453 e. The quantitative estimate of drug-likeness (QED) is 0.675. The topological polar surface area (TPSA) is 39.2 Å². The summed E-state index contributed by atoms with van der Waals surface area (Å²) in [5.74, 6) is -0.405. The normalized spacial score (nSPS) is 12.0. The molecule has 3 rings (SSSR count). The van der Waals surface area contributed by atoms with Crippen LogP contribution in [-0.4, -0.2) is 11.0 Å². The fourth-order valence-electron chi connectivity index (χ4n) is 2.21. The number of hydrogen-bond acceptors (Lipinski definition) is 3. The fraction of sp³-hybridized carbons (Fsp3) is 0.111. The molecule has 2 aromatic carbocycles. The van der Waals surface area contributed by atoms with Crippen LogP contribution < -0.4 is 0 Å². The average Bonchev–Trinajstić information content (AvgIpc) is 2.55. The smallest absolute Gasteiger partial charge is 0.357 e. The van der Waals surface area contributed by atoms with Crippen molar-refractivity contribution in [1.82, 2.24) is 4.98 Å². The van der Waals surface area contributed by atoms with E-state index in [1.165, 1.54) is 0 Å². The lowest BCUT2D eigenvalue weighted by Crippen LogP contribution is -2.10. The van der Waals surface area contributed by atoms with Crippen LogP contribution in [0.3, 0.4) is 0 Å². The highest BCUT2D eigenvalue weighted by Gasteiger charge is 2.14. The first-order valence-corrected chi connectivity index (χ1v) is 6.85. The third-order valence-corrected chi connectivity index (χ3v) is 3.39. The number of esters is 1. The maximum absolute atomic E-state index is 12.2. The Balaban J connectivity index is 1.80. The second-order valence-corrected chi connectivity index (χ2v) is 4.87. The number of ether oxygens (including phenoxy) is 1. The van der Waals surface area contributed by atoms with Crippen molar-refractivity contribution in [1.29, 1.82) is 0 Å². The Labute approximate surface area is 123 Å². The molecule has 1 atom stereocenters. The number of nitrogens with zero attached hydrogens (tertiary/aromatic N) is 1. The molecule has 0 aliphatic heterocycles. The first kappa shape index (κ1) is 13.3. The third-order valence-electron chi connectivity index (χ3n) is 3.39. The van der Waals surface area contributed by atoms with Crippen LogP contribution >= 0.6 is 0 Å². The maximum atomic E-state index is 12.2. The Morgan fingerprint density at radius 2 is 1.67 bits per heavy atom. The molecule has 1 aromatic heterocycles. The van der Waals surface area contributed by atoms with Crippen molar-refractivity contribution in [2.24, 2.45) is 0 Å². The predicted octanol–water partition coefficient (Wildman–Crippen LogP) is 4.15. The molecule has 0 amide bonds. The number of hydrogen-bond donors (Lipinski definition) is 0. The predicted molar refractivity (Wildman–Crippen MR) is 82.0 cm³/mol. The Morgan fingerprint density at radius 3 is 2.43 bits per heavy atom. The van der Waals surface area contributed by atoms with Gasteiger partial charge in [0.2, 0.25) is 0 Å². The van der Waals surface area contributed by atoms with Gasteiger partial charge in [0.15, 0.2) is 0 Å². The highest BCUT2D eigenvalue weighted by atomic mass is 16.5. The number of carbonyl (C=O) groups excluding carboxylic acids is 1. The zero-order chi connectivity index (χ0) is 14.7. The molecule has 0 spiro atoms. The van der Waals surface area contributed by atoms with Crippen LogP contribution in [-0.2, 0) is 4.74 Å². The van der Waals surface area contributed by atoms with Crippen LogP contribution in [0.1, 0.15) is 29.1 Å². The van der Waals surface area contributed by atoms with Gasteiger partial charge in [-0.15, -0.1) is 0 Å². The van der Waals surface area contributed by atoms with Crippen molar-refractivity contribution in [2.45, 2.75) is 13.0 Å². The molecule has 1 heterocycles. The standard InChI is InChI=1S/C18H15NO2/c1-13(14-7-3-2-4-8-14)21-18(20)17-11-15-9-5-6-10-16(15)12-19-17/h2-13H,1H3. The highest BCUT2D eigenvalue weighted by Crippen LogP contribution is 2.19. The summed E-state index contributed by atoms with van der Waals surface area (Å²) in [4.78, 5) is 16.4. The molecule has 0 N–H and O–H groups in total. The molecule has 3 heteroatoms. The Morgan fingerprint density at radius 1 is 1.00 bits per heavy atom. The summed E-state index contributed by atoms with van der Waals surface area (Å²) >= 11 is 0. The number of fused-ring (bicyclic) bond motifs is 1. The van der Waals surface area contributed by atoms with Crippen LogP contribution in [0.2, 0.25) is 0 Å². The molecule has 0 fully saturated rings. The molecule has 0 bridgehead atoms. The average molecular weight is 277 g/mol. The summed E-state index contributed by atoms with van der Waals surface area (Å²) in [6.07, 6.45) is 1.39. The number of carbonyl (C=O) groups is 1. The van der Waals surface area contributed by atoms with E-state index in [-0.39, 0.29) is 6.10 Å². The van der Waals surface area contributed by atoms with Crippen molar-refractivity contribution >= 4 is 16.7 Å². The molecule has 1 unspecified atom stereocenters. The molecule has 0 radical (unpaired) electrons. The van der Waals surface area contributed by atoms with E-state index in [2.05, 4.69) is 4.98 Å². The second-order valence-electron chi connectivity index (χ2n) is 4.87. The van der Waals surface area contributed by atoms with Gasteiger partial charge >= 0.3 is 5.97 Å². The van der Waals surface area contributed by atoms with E-state index in [0.29, 0.717) is 5.69 Å². The van der Waals surface area contributed by atoms with Gasteiger partial charge in [0.25, 0.3) is 0 Å².